The molecule has 1 rings (SSSR count). The molecule has 0 unspecified atom stereocenters. The molecule has 6 heteroatoms. The number of carboxylic acid groups (broad SMARTS) is 1. The summed E-state index contributed by atoms with van der Waals surface area (Å²) in [6.07, 6.45) is 0.717. The van der Waals surface area contributed by atoms with E-state index in [1.54, 1.807) is 0 Å². The Hall–Kier alpha value is -0.980. The van der Waals surface area contributed by atoms with Gasteiger partial charge in [0.05, 0.1) is 17.3 Å². The average molecular weight is 300 g/mol. The number of nitrogens with zero attached hydrogens (tertiary/aromatic N) is 2. The van der Waals surface area contributed by atoms with E-state index in [2.05, 4.69) is 9.88 Å². The Labute approximate surface area is 124 Å². The molecule has 0 aromatic carbocycles. The van der Waals surface area contributed by atoms with E-state index in [1.807, 2.05) is 27.7 Å². The second kappa shape index (κ2) is 7.15. The summed E-state index contributed by atoms with van der Waals surface area (Å²) >= 11 is 1.27. The van der Waals surface area contributed by atoms with Crippen LogP contribution in [0.2, 0.25) is 0 Å². The van der Waals surface area contributed by atoms with Crippen molar-refractivity contribution < 1.29 is 15.0 Å². The molecule has 0 radical (unpaired) electrons. The summed E-state index contributed by atoms with van der Waals surface area (Å²) in [6, 6.07) is 0. The van der Waals surface area contributed by atoms with E-state index in [-0.39, 0.29) is 12.0 Å². The van der Waals surface area contributed by atoms with E-state index in [1.165, 1.54) is 11.3 Å². The number of carboxylic acids is 1. The first-order valence-corrected chi connectivity index (χ1v) is 7.68. The molecule has 0 aliphatic carbocycles. The van der Waals surface area contributed by atoms with Crippen molar-refractivity contribution in [3.63, 3.8) is 0 Å². The smallest absolute Gasteiger partial charge is 0.347 e. The Balaban J connectivity index is 2.84. The summed E-state index contributed by atoms with van der Waals surface area (Å²) in [5.41, 5.74) is 0.396. The Kier molecular flexibility index (Phi) is 6.10. The molecule has 0 aliphatic heterocycles. The van der Waals surface area contributed by atoms with Gasteiger partial charge in [-0.25, -0.2) is 9.78 Å². The molecule has 0 spiro atoms. The van der Waals surface area contributed by atoms with Gasteiger partial charge in [-0.05, 0) is 6.54 Å². The molecule has 2 N–H and O–H groups in total. The van der Waals surface area contributed by atoms with Crippen molar-refractivity contribution in [3.8, 4) is 0 Å². The van der Waals surface area contributed by atoms with Gasteiger partial charge in [0.2, 0.25) is 0 Å². The van der Waals surface area contributed by atoms with Crippen LogP contribution in [-0.2, 0) is 11.8 Å². The van der Waals surface area contributed by atoms with Crippen molar-refractivity contribution in [1.29, 1.82) is 0 Å². The second-order valence-electron chi connectivity index (χ2n) is 5.75. The van der Waals surface area contributed by atoms with Crippen molar-refractivity contribution in [3.05, 3.63) is 15.6 Å². The predicted molar refractivity (Wildman–Crippen MR) is 80.7 cm³/mol. The predicted octanol–water partition coefficient (Wildman–Crippen LogP) is 2.00. The van der Waals surface area contributed by atoms with Gasteiger partial charge in [-0.1, -0.05) is 27.7 Å². The van der Waals surface area contributed by atoms with Gasteiger partial charge >= 0.3 is 5.97 Å². The van der Waals surface area contributed by atoms with Gasteiger partial charge < -0.3 is 15.1 Å². The Morgan fingerprint density at radius 2 is 2.00 bits per heavy atom. The quantitative estimate of drug-likeness (QED) is 0.805. The largest absolute Gasteiger partial charge is 0.477 e. The van der Waals surface area contributed by atoms with E-state index in [0.29, 0.717) is 17.1 Å². The summed E-state index contributed by atoms with van der Waals surface area (Å²) < 4.78 is 0. The molecule has 1 heterocycles. The van der Waals surface area contributed by atoms with Crippen molar-refractivity contribution in [1.82, 2.24) is 9.88 Å². The van der Waals surface area contributed by atoms with Gasteiger partial charge in [0.25, 0.3) is 0 Å². The summed E-state index contributed by atoms with van der Waals surface area (Å²) in [4.78, 5) is 18.3. The highest BCUT2D eigenvalue weighted by Crippen LogP contribution is 2.29. The van der Waals surface area contributed by atoms with Crippen LogP contribution in [-0.4, -0.2) is 52.3 Å². The van der Waals surface area contributed by atoms with Crippen LogP contribution in [0.5, 0.6) is 0 Å². The first-order chi connectivity index (χ1) is 9.29. The fourth-order valence-electron chi connectivity index (χ4n) is 1.95. The summed E-state index contributed by atoms with van der Waals surface area (Å²) in [6.45, 7) is 10.4. The Bertz CT molecular complexity index is 452. The first-order valence-electron chi connectivity index (χ1n) is 6.86. The number of carbonyl (C=O) groups is 1. The van der Waals surface area contributed by atoms with Crippen LogP contribution >= 0.6 is 11.3 Å². The van der Waals surface area contributed by atoms with Crippen molar-refractivity contribution in [2.24, 2.45) is 0 Å². The zero-order valence-corrected chi connectivity index (χ0v) is 13.5. The van der Waals surface area contributed by atoms with E-state index < -0.39 is 5.97 Å². The van der Waals surface area contributed by atoms with Gasteiger partial charge in [-0.15, -0.1) is 11.3 Å². The average Bonchev–Trinajstić information content (AvgIpc) is 2.78. The van der Waals surface area contributed by atoms with Gasteiger partial charge in [0, 0.05) is 24.9 Å². The van der Waals surface area contributed by atoms with E-state index in [4.69, 9.17) is 5.11 Å². The molecular weight excluding hydrogens is 276 g/mol. The number of likely N-dealkylation sites (N-methyl/N-ethyl adjacent to an activating group) is 1. The maximum atomic E-state index is 11.3. The molecule has 1 aromatic heterocycles. The number of rotatable bonds is 7. The van der Waals surface area contributed by atoms with Crippen molar-refractivity contribution >= 4 is 17.3 Å². The zero-order valence-electron chi connectivity index (χ0n) is 12.6. The Morgan fingerprint density at radius 3 is 2.40 bits per heavy atom. The van der Waals surface area contributed by atoms with Gasteiger partial charge in [0.15, 0.2) is 0 Å². The van der Waals surface area contributed by atoms with Crippen LogP contribution in [0.15, 0.2) is 0 Å². The van der Waals surface area contributed by atoms with Crippen molar-refractivity contribution in [2.45, 2.75) is 39.5 Å². The fourth-order valence-corrected chi connectivity index (χ4v) is 3.05. The van der Waals surface area contributed by atoms with Crippen LogP contribution in [0.25, 0.3) is 0 Å². The number of hydrogen-bond acceptors (Lipinski definition) is 5. The minimum atomic E-state index is -0.901. The molecule has 0 atom stereocenters. The number of thiazole rings is 1. The molecule has 0 saturated heterocycles. The highest BCUT2D eigenvalue weighted by Gasteiger charge is 2.26. The van der Waals surface area contributed by atoms with Crippen LogP contribution in [0.3, 0.4) is 0 Å². The first kappa shape index (κ1) is 17.1. The summed E-state index contributed by atoms with van der Waals surface area (Å²) in [7, 11) is 0. The lowest BCUT2D eigenvalue weighted by molar-refractivity contribution is 0.0699. The summed E-state index contributed by atoms with van der Waals surface area (Å²) in [5.74, 6) is -0.901. The molecule has 0 fully saturated rings. The zero-order chi connectivity index (χ0) is 15.3. The van der Waals surface area contributed by atoms with Gasteiger partial charge in [-0.2, -0.15) is 0 Å². The van der Waals surface area contributed by atoms with E-state index in [0.717, 1.165) is 24.5 Å². The second-order valence-corrected chi connectivity index (χ2v) is 6.83. The lowest BCUT2D eigenvalue weighted by atomic mass is 9.91. The number of hydrogen-bond donors (Lipinski definition) is 2. The normalized spacial score (nSPS) is 12.1. The topological polar surface area (TPSA) is 73.7 Å². The monoisotopic (exact) mass is 300 g/mol. The van der Waals surface area contributed by atoms with Crippen LogP contribution in [0.1, 0.15) is 48.1 Å². The highest BCUT2D eigenvalue weighted by molar-refractivity contribution is 7.13. The lowest BCUT2D eigenvalue weighted by Gasteiger charge is -2.18. The molecule has 0 amide bonds. The SMILES string of the molecule is CCN(CCO)CCc1nc(C(C)(C)C)c(C(=O)O)s1. The standard InChI is InChI=1S/C14H24N2O3S/c1-5-16(8-9-17)7-6-10-15-12(14(2,3)4)11(20-10)13(18)19/h17H,5-9H2,1-4H3,(H,18,19). The Morgan fingerprint density at radius 1 is 1.35 bits per heavy atom. The van der Waals surface area contributed by atoms with E-state index >= 15 is 0 Å². The minimum absolute atomic E-state index is 0.138. The number of aliphatic hydroxyl groups is 1. The van der Waals surface area contributed by atoms with Crippen LogP contribution in [0, 0.1) is 0 Å². The minimum Gasteiger partial charge on any atom is -0.477 e. The van der Waals surface area contributed by atoms with Gasteiger partial charge in [0.1, 0.15) is 4.88 Å². The third-order valence-corrected chi connectivity index (χ3v) is 4.18. The summed E-state index contributed by atoms with van der Waals surface area (Å²) in [5, 5.41) is 19.1. The van der Waals surface area contributed by atoms with Crippen molar-refractivity contribution in [2.75, 3.05) is 26.2 Å². The maximum Gasteiger partial charge on any atom is 0.347 e. The highest BCUT2D eigenvalue weighted by atomic mass is 32.1. The fraction of sp³-hybridized carbons (Fsp3) is 0.714. The molecule has 1 aromatic rings. The van der Waals surface area contributed by atoms with E-state index in [9.17, 15) is 9.90 Å². The molecule has 0 aliphatic rings. The van der Waals surface area contributed by atoms with Gasteiger partial charge in [-0.3, -0.25) is 0 Å². The molecule has 0 bridgehead atoms. The molecule has 5 nitrogen and oxygen atoms in total. The molecule has 0 saturated carbocycles. The number of aromatic nitrogens is 1. The third-order valence-electron chi connectivity index (χ3n) is 3.08. The number of aromatic carboxylic acids is 1. The molecular formula is C14H24N2O3S. The van der Waals surface area contributed by atoms with Crippen LogP contribution in [0.4, 0.5) is 0 Å². The third kappa shape index (κ3) is 4.54. The molecule has 20 heavy (non-hydrogen) atoms. The lowest BCUT2D eigenvalue weighted by Crippen LogP contribution is -2.28. The maximum absolute atomic E-state index is 11.3. The molecule has 114 valence electrons. The number of aliphatic hydroxyl groups excluding tert-OH is 1. The van der Waals surface area contributed by atoms with Crippen LogP contribution < -0.4 is 0 Å².